The number of nitrogens with zero attached hydrogens (tertiary/aromatic N) is 1. The summed E-state index contributed by atoms with van der Waals surface area (Å²) in [6.07, 6.45) is -1.36. The zero-order valence-electron chi connectivity index (χ0n) is 13.3. The molecule has 1 saturated heterocycles. The predicted octanol–water partition coefficient (Wildman–Crippen LogP) is 0.241. The highest BCUT2D eigenvalue weighted by Crippen LogP contribution is 2.41. The number of hydrogen-bond acceptors (Lipinski definition) is 6. The average molecular weight is 301 g/mol. The molecule has 1 heterocycles. The predicted molar refractivity (Wildman–Crippen MR) is 73.2 cm³/mol. The zero-order chi connectivity index (χ0) is 16.6. The van der Waals surface area contributed by atoms with Crippen LogP contribution in [0.3, 0.4) is 0 Å². The lowest BCUT2D eigenvalue weighted by atomic mass is 9.81. The number of likely N-dealkylation sites (tertiary alicyclic amines) is 1. The molecule has 0 aliphatic carbocycles. The Bertz CT molecular complexity index is 432. The highest BCUT2D eigenvalue weighted by molar-refractivity contribution is 6.12. The Morgan fingerprint density at radius 2 is 1.52 bits per heavy atom. The van der Waals surface area contributed by atoms with E-state index in [2.05, 4.69) is 0 Å². The Kier molecular flexibility index (Phi) is 4.67. The molecule has 1 fully saturated rings. The monoisotopic (exact) mass is 301 g/mol. The summed E-state index contributed by atoms with van der Waals surface area (Å²) in [7, 11) is 1.28. The number of ether oxygens (including phenoxy) is 2. The number of aliphatic hydroxyl groups is 1. The van der Waals surface area contributed by atoms with Crippen LogP contribution >= 0.6 is 0 Å². The van der Waals surface area contributed by atoms with Crippen LogP contribution in [0.2, 0.25) is 0 Å². The first kappa shape index (κ1) is 17.4. The van der Waals surface area contributed by atoms with E-state index >= 15 is 0 Å². The van der Waals surface area contributed by atoms with Gasteiger partial charge in [0.25, 0.3) is 5.54 Å². The minimum absolute atomic E-state index is 0.357. The molecule has 7 nitrogen and oxygen atoms in total. The maximum Gasteiger partial charge on any atom is 0.347 e. The van der Waals surface area contributed by atoms with Gasteiger partial charge in [-0.05, 0) is 34.6 Å². The Balaban J connectivity index is 3.38. The second-order valence-electron chi connectivity index (χ2n) is 6.02. The molecule has 0 aromatic rings. The SMILES string of the molecule is CC(C)OC(=O)C1(C(=O)OC(C)C)N(C)C(=O)CC1(C)O. The Hall–Kier alpha value is -1.63. The average Bonchev–Trinajstić information content (AvgIpc) is 2.43. The van der Waals surface area contributed by atoms with Gasteiger partial charge in [0, 0.05) is 7.05 Å². The van der Waals surface area contributed by atoms with Gasteiger partial charge in [0.1, 0.15) is 5.60 Å². The molecule has 0 saturated carbocycles. The number of carbonyl (C=O) groups is 3. The minimum atomic E-state index is -2.18. The van der Waals surface area contributed by atoms with E-state index in [1.165, 1.54) is 14.0 Å². The smallest absolute Gasteiger partial charge is 0.347 e. The van der Waals surface area contributed by atoms with Crippen molar-refractivity contribution in [1.29, 1.82) is 0 Å². The van der Waals surface area contributed by atoms with E-state index in [0.717, 1.165) is 4.90 Å². The summed E-state index contributed by atoms with van der Waals surface area (Å²) in [4.78, 5) is 37.8. The Morgan fingerprint density at radius 3 is 1.76 bits per heavy atom. The van der Waals surface area contributed by atoms with E-state index in [-0.39, 0.29) is 6.42 Å². The molecule has 21 heavy (non-hydrogen) atoms. The van der Waals surface area contributed by atoms with Gasteiger partial charge in [-0.3, -0.25) is 4.79 Å². The van der Waals surface area contributed by atoms with Crippen molar-refractivity contribution in [1.82, 2.24) is 4.90 Å². The van der Waals surface area contributed by atoms with Gasteiger partial charge in [0.2, 0.25) is 5.91 Å². The summed E-state index contributed by atoms with van der Waals surface area (Å²) in [6.45, 7) is 7.73. The van der Waals surface area contributed by atoms with E-state index in [0.29, 0.717) is 0 Å². The third kappa shape index (κ3) is 2.74. The standard InChI is InChI=1S/C14H23NO6/c1-8(2)20-11(17)14(12(18)21-9(3)4)13(5,19)7-10(16)15(14)6/h8-9,19H,7H2,1-6H3. The first-order valence-electron chi connectivity index (χ1n) is 6.88. The third-order valence-corrected chi connectivity index (χ3v) is 3.43. The third-order valence-electron chi connectivity index (χ3n) is 3.43. The molecule has 0 spiro atoms. The minimum Gasteiger partial charge on any atom is -0.461 e. The molecular weight excluding hydrogens is 278 g/mol. The molecule has 7 heteroatoms. The molecule has 1 aliphatic heterocycles. The number of hydrogen-bond donors (Lipinski definition) is 1. The van der Waals surface area contributed by atoms with Gasteiger partial charge >= 0.3 is 11.9 Å². The van der Waals surface area contributed by atoms with E-state index in [1.54, 1.807) is 27.7 Å². The lowest BCUT2D eigenvalue weighted by molar-refractivity contribution is -0.191. The van der Waals surface area contributed by atoms with Crippen LogP contribution in [-0.4, -0.2) is 58.2 Å². The van der Waals surface area contributed by atoms with Crippen LogP contribution < -0.4 is 0 Å². The molecule has 1 N–H and O–H groups in total. The van der Waals surface area contributed by atoms with Gasteiger partial charge in [-0.15, -0.1) is 0 Å². The highest BCUT2D eigenvalue weighted by atomic mass is 16.6. The molecular formula is C14H23NO6. The molecule has 1 aliphatic rings. The van der Waals surface area contributed by atoms with Gasteiger partial charge in [-0.2, -0.15) is 0 Å². The number of carbonyl (C=O) groups excluding carboxylic acids is 3. The molecule has 1 unspecified atom stereocenters. The number of rotatable bonds is 4. The molecule has 0 bridgehead atoms. The van der Waals surface area contributed by atoms with Crippen LogP contribution in [0.5, 0.6) is 0 Å². The van der Waals surface area contributed by atoms with Crippen molar-refractivity contribution < 1.29 is 29.0 Å². The van der Waals surface area contributed by atoms with E-state index in [9.17, 15) is 19.5 Å². The molecule has 0 radical (unpaired) electrons. The van der Waals surface area contributed by atoms with Gasteiger partial charge in [0.05, 0.1) is 18.6 Å². The Labute approximate surface area is 124 Å². The second kappa shape index (κ2) is 5.63. The summed E-state index contributed by atoms with van der Waals surface area (Å²) < 4.78 is 10.2. The van der Waals surface area contributed by atoms with Gasteiger partial charge < -0.3 is 19.5 Å². The van der Waals surface area contributed by atoms with Gasteiger partial charge in [-0.25, -0.2) is 9.59 Å². The van der Waals surface area contributed by atoms with Gasteiger partial charge in [-0.1, -0.05) is 0 Å². The largest absolute Gasteiger partial charge is 0.461 e. The van der Waals surface area contributed by atoms with Crippen molar-refractivity contribution in [2.24, 2.45) is 0 Å². The van der Waals surface area contributed by atoms with E-state index in [1.807, 2.05) is 0 Å². The van der Waals surface area contributed by atoms with Crippen molar-refractivity contribution >= 4 is 17.8 Å². The first-order chi connectivity index (χ1) is 9.46. The van der Waals surface area contributed by atoms with Gasteiger partial charge in [0.15, 0.2) is 0 Å². The summed E-state index contributed by atoms with van der Waals surface area (Å²) >= 11 is 0. The topological polar surface area (TPSA) is 93.1 Å². The highest BCUT2D eigenvalue weighted by Gasteiger charge is 2.70. The van der Waals surface area contributed by atoms with Crippen LogP contribution in [0.1, 0.15) is 41.0 Å². The number of esters is 2. The van der Waals surface area contributed by atoms with Crippen LogP contribution in [0.25, 0.3) is 0 Å². The van der Waals surface area contributed by atoms with E-state index in [4.69, 9.17) is 9.47 Å². The first-order valence-corrected chi connectivity index (χ1v) is 6.88. The molecule has 1 atom stereocenters. The molecule has 1 rings (SSSR count). The van der Waals surface area contributed by atoms with Crippen LogP contribution in [0, 0.1) is 0 Å². The summed E-state index contributed by atoms with van der Waals surface area (Å²) in [5, 5.41) is 10.5. The molecule has 0 aromatic carbocycles. The normalized spacial score (nSPS) is 24.6. The van der Waals surface area contributed by atoms with Crippen molar-refractivity contribution in [3.8, 4) is 0 Å². The molecule has 1 amide bonds. The fraction of sp³-hybridized carbons (Fsp3) is 0.786. The fourth-order valence-corrected chi connectivity index (χ4v) is 2.48. The van der Waals surface area contributed by atoms with Crippen molar-refractivity contribution in [3.05, 3.63) is 0 Å². The zero-order valence-corrected chi connectivity index (χ0v) is 13.3. The van der Waals surface area contributed by atoms with Crippen LogP contribution in [0.4, 0.5) is 0 Å². The summed E-state index contributed by atoms with van der Waals surface area (Å²) in [5.74, 6) is -2.50. The van der Waals surface area contributed by atoms with E-state index < -0.39 is 41.2 Å². The maximum atomic E-state index is 12.5. The Morgan fingerprint density at radius 1 is 1.14 bits per heavy atom. The molecule has 0 aromatic heterocycles. The number of amides is 1. The summed E-state index contributed by atoms with van der Waals surface area (Å²) in [6, 6.07) is 0. The van der Waals surface area contributed by atoms with Crippen LogP contribution in [0.15, 0.2) is 0 Å². The van der Waals surface area contributed by atoms with Crippen molar-refractivity contribution in [2.75, 3.05) is 7.05 Å². The molecule has 120 valence electrons. The summed E-state index contributed by atoms with van der Waals surface area (Å²) in [5.41, 5.74) is -4.09. The van der Waals surface area contributed by atoms with Crippen molar-refractivity contribution in [2.45, 2.75) is 64.4 Å². The quantitative estimate of drug-likeness (QED) is 0.590. The fourth-order valence-electron chi connectivity index (χ4n) is 2.48. The van der Waals surface area contributed by atoms with Crippen molar-refractivity contribution in [3.63, 3.8) is 0 Å². The number of likely N-dealkylation sites (N-methyl/N-ethyl adjacent to an activating group) is 1. The lowest BCUT2D eigenvalue weighted by Crippen LogP contribution is -2.68. The lowest BCUT2D eigenvalue weighted by Gasteiger charge is -2.39. The maximum absolute atomic E-state index is 12.5. The van der Waals surface area contributed by atoms with Crippen LogP contribution in [-0.2, 0) is 23.9 Å². The second-order valence-corrected chi connectivity index (χ2v) is 6.02.